The fourth-order valence-corrected chi connectivity index (χ4v) is 5.30. The normalized spacial score (nSPS) is 13.9. The van der Waals surface area contributed by atoms with Crippen molar-refractivity contribution in [2.45, 2.75) is 31.3 Å². The monoisotopic (exact) mass is 468 g/mol. The molecule has 1 N–H and O–H groups in total. The third-order valence-electron chi connectivity index (χ3n) is 5.63. The molecular formula is C24H24N2O6S. The number of methoxy groups -OCH3 is 1. The molecule has 33 heavy (non-hydrogen) atoms. The van der Waals surface area contributed by atoms with Crippen LogP contribution in [0.4, 0.5) is 0 Å². The maximum atomic E-state index is 13.2. The second-order valence-electron chi connectivity index (χ2n) is 7.74. The number of aryl methyl sites for hydroxylation is 1. The van der Waals surface area contributed by atoms with Gasteiger partial charge < -0.3 is 14.5 Å². The van der Waals surface area contributed by atoms with Gasteiger partial charge in [-0.3, -0.25) is 4.79 Å². The fraction of sp³-hybridized carbons (Fsp3) is 0.250. The van der Waals surface area contributed by atoms with Gasteiger partial charge in [0.2, 0.25) is 10.0 Å². The van der Waals surface area contributed by atoms with Crippen LogP contribution in [0, 0.1) is 6.92 Å². The molecule has 1 aliphatic heterocycles. The Bertz CT molecular complexity index is 1310. The molecule has 8 nitrogen and oxygen atoms in total. The predicted octanol–water partition coefficient (Wildman–Crippen LogP) is 3.05. The second kappa shape index (κ2) is 9.21. The van der Waals surface area contributed by atoms with Gasteiger partial charge in [-0.2, -0.15) is 4.31 Å². The third kappa shape index (κ3) is 4.69. The molecule has 0 unspecified atom stereocenters. The average Bonchev–Trinajstić information content (AvgIpc) is 3.22. The molecule has 0 atom stereocenters. The minimum Gasteiger partial charge on any atom is -0.465 e. The first kappa shape index (κ1) is 22.8. The Kier molecular flexibility index (Phi) is 6.35. The molecule has 1 aliphatic rings. The van der Waals surface area contributed by atoms with Gasteiger partial charge in [0.05, 0.1) is 18.6 Å². The summed E-state index contributed by atoms with van der Waals surface area (Å²) in [5.74, 6) is -0.198. The van der Waals surface area contributed by atoms with Crippen LogP contribution >= 0.6 is 0 Å². The van der Waals surface area contributed by atoms with Crippen LogP contribution in [0.3, 0.4) is 0 Å². The molecular weight excluding hydrogens is 444 g/mol. The summed E-state index contributed by atoms with van der Waals surface area (Å²) < 4.78 is 38.1. The highest BCUT2D eigenvalue weighted by atomic mass is 32.2. The molecule has 0 radical (unpaired) electrons. The molecule has 0 spiro atoms. The van der Waals surface area contributed by atoms with Crippen LogP contribution in [-0.4, -0.2) is 38.3 Å². The van der Waals surface area contributed by atoms with Crippen LogP contribution in [-0.2, 0) is 34.3 Å². The van der Waals surface area contributed by atoms with Crippen LogP contribution in [0.5, 0.6) is 0 Å². The van der Waals surface area contributed by atoms with Crippen molar-refractivity contribution in [2.24, 2.45) is 0 Å². The molecule has 4 rings (SSSR count). The van der Waals surface area contributed by atoms with E-state index in [1.165, 1.54) is 29.6 Å². The van der Waals surface area contributed by atoms with Crippen molar-refractivity contribution >= 4 is 21.9 Å². The van der Waals surface area contributed by atoms with Crippen molar-refractivity contribution in [1.82, 2.24) is 9.62 Å². The van der Waals surface area contributed by atoms with E-state index in [2.05, 4.69) is 5.32 Å². The van der Waals surface area contributed by atoms with Gasteiger partial charge in [0.1, 0.15) is 17.1 Å². The molecule has 9 heteroatoms. The summed E-state index contributed by atoms with van der Waals surface area (Å²) in [4.78, 5) is 24.4. The molecule has 1 amide bonds. The molecule has 172 valence electrons. The SMILES string of the molecule is COC(=O)c1cc(CNC(=O)c2cccc(S(=O)(=O)N3CCc4ccccc4C3)c2)oc1C. The summed E-state index contributed by atoms with van der Waals surface area (Å²) in [5.41, 5.74) is 2.64. The summed E-state index contributed by atoms with van der Waals surface area (Å²) in [6.07, 6.45) is 0.645. The van der Waals surface area contributed by atoms with Crippen molar-refractivity contribution in [1.29, 1.82) is 0 Å². The van der Waals surface area contributed by atoms with E-state index < -0.39 is 21.9 Å². The van der Waals surface area contributed by atoms with E-state index in [1.54, 1.807) is 19.1 Å². The number of furan rings is 1. The number of nitrogens with one attached hydrogen (secondary N) is 1. The lowest BCUT2D eigenvalue weighted by Gasteiger charge is -2.28. The minimum atomic E-state index is -3.76. The third-order valence-corrected chi connectivity index (χ3v) is 7.47. The zero-order valence-corrected chi connectivity index (χ0v) is 19.1. The van der Waals surface area contributed by atoms with Crippen LogP contribution in [0.1, 0.15) is 43.4 Å². The molecule has 2 aromatic carbocycles. The number of fused-ring (bicyclic) bond motifs is 1. The predicted molar refractivity (Wildman–Crippen MR) is 120 cm³/mol. The van der Waals surface area contributed by atoms with Gasteiger partial charge in [0.25, 0.3) is 5.91 Å². The summed E-state index contributed by atoms with van der Waals surface area (Å²) in [5, 5.41) is 2.69. The molecule has 0 fully saturated rings. The first-order valence-electron chi connectivity index (χ1n) is 10.4. The van der Waals surface area contributed by atoms with Crippen LogP contribution in [0.25, 0.3) is 0 Å². The fourth-order valence-electron chi connectivity index (χ4n) is 3.83. The number of carbonyl (C=O) groups is 2. The van der Waals surface area contributed by atoms with Crippen molar-refractivity contribution in [3.8, 4) is 0 Å². The number of carbonyl (C=O) groups excluding carboxylic acids is 2. The molecule has 0 saturated heterocycles. The van der Waals surface area contributed by atoms with E-state index in [-0.39, 0.29) is 22.6 Å². The summed E-state index contributed by atoms with van der Waals surface area (Å²) >= 11 is 0. The van der Waals surface area contributed by atoms with Crippen molar-refractivity contribution < 1.29 is 27.2 Å². The van der Waals surface area contributed by atoms with E-state index in [9.17, 15) is 18.0 Å². The Balaban J connectivity index is 1.47. The number of hydrogen-bond donors (Lipinski definition) is 1. The lowest BCUT2D eigenvalue weighted by Crippen LogP contribution is -2.36. The quantitative estimate of drug-likeness (QED) is 0.558. The smallest absolute Gasteiger partial charge is 0.341 e. The lowest BCUT2D eigenvalue weighted by atomic mass is 10.0. The molecule has 2 heterocycles. The van der Waals surface area contributed by atoms with E-state index in [1.807, 2.05) is 24.3 Å². The van der Waals surface area contributed by atoms with Crippen molar-refractivity contribution in [3.63, 3.8) is 0 Å². The lowest BCUT2D eigenvalue weighted by molar-refractivity contribution is 0.0598. The summed E-state index contributed by atoms with van der Waals surface area (Å²) in [6.45, 7) is 2.35. The summed E-state index contributed by atoms with van der Waals surface area (Å²) in [7, 11) is -2.48. The maximum Gasteiger partial charge on any atom is 0.341 e. The number of hydrogen-bond acceptors (Lipinski definition) is 6. The zero-order chi connectivity index (χ0) is 23.6. The highest BCUT2D eigenvalue weighted by molar-refractivity contribution is 7.89. The first-order chi connectivity index (χ1) is 15.8. The van der Waals surface area contributed by atoms with E-state index in [0.29, 0.717) is 31.0 Å². The number of ether oxygens (including phenoxy) is 1. The Morgan fingerprint density at radius 3 is 2.61 bits per heavy atom. The maximum absolute atomic E-state index is 13.2. The van der Waals surface area contributed by atoms with E-state index in [0.717, 1.165) is 11.1 Å². The largest absolute Gasteiger partial charge is 0.465 e. The molecule has 0 bridgehead atoms. The minimum absolute atomic E-state index is 0.0382. The molecule has 1 aromatic heterocycles. The highest BCUT2D eigenvalue weighted by Crippen LogP contribution is 2.25. The Morgan fingerprint density at radius 1 is 1.09 bits per heavy atom. The van der Waals surface area contributed by atoms with Crippen LogP contribution in [0.15, 0.2) is 63.9 Å². The van der Waals surface area contributed by atoms with E-state index >= 15 is 0 Å². The number of rotatable bonds is 6. The standard InChI is InChI=1S/C24H24N2O6S/c1-16-22(24(28)31-2)13-20(32-16)14-25-23(27)18-8-5-9-21(12-18)33(29,30)26-11-10-17-6-3-4-7-19(17)15-26/h3-9,12-13H,10-11,14-15H2,1-2H3,(H,25,27). The number of nitrogens with zero attached hydrogens (tertiary/aromatic N) is 1. The Morgan fingerprint density at radius 2 is 1.85 bits per heavy atom. The van der Waals surface area contributed by atoms with Crippen LogP contribution < -0.4 is 5.32 Å². The van der Waals surface area contributed by atoms with Gasteiger partial charge in [0.15, 0.2) is 0 Å². The number of esters is 1. The van der Waals surface area contributed by atoms with Gasteiger partial charge in [-0.05, 0) is 48.7 Å². The van der Waals surface area contributed by atoms with Gasteiger partial charge in [-0.15, -0.1) is 0 Å². The molecule has 0 aliphatic carbocycles. The number of sulfonamides is 1. The van der Waals surface area contributed by atoms with Crippen LogP contribution in [0.2, 0.25) is 0 Å². The number of amides is 1. The topological polar surface area (TPSA) is 106 Å². The zero-order valence-electron chi connectivity index (χ0n) is 18.3. The van der Waals surface area contributed by atoms with Gasteiger partial charge >= 0.3 is 5.97 Å². The molecule has 3 aromatic rings. The average molecular weight is 469 g/mol. The van der Waals surface area contributed by atoms with Crippen molar-refractivity contribution in [2.75, 3.05) is 13.7 Å². The Labute approximate surface area is 192 Å². The van der Waals surface area contributed by atoms with Gasteiger partial charge in [0, 0.05) is 18.7 Å². The number of benzene rings is 2. The Hall–Kier alpha value is -3.43. The highest BCUT2D eigenvalue weighted by Gasteiger charge is 2.28. The second-order valence-corrected chi connectivity index (χ2v) is 9.68. The van der Waals surface area contributed by atoms with Crippen molar-refractivity contribution in [3.05, 3.63) is 88.4 Å². The first-order valence-corrected chi connectivity index (χ1v) is 11.9. The van der Waals surface area contributed by atoms with Gasteiger partial charge in [-0.1, -0.05) is 30.3 Å². The van der Waals surface area contributed by atoms with Gasteiger partial charge in [-0.25, -0.2) is 13.2 Å². The summed E-state index contributed by atoms with van der Waals surface area (Å²) in [6, 6.07) is 15.3. The van der Waals surface area contributed by atoms with E-state index in [4.69, 9.17) is 9.15 Å². The molecule has 0 saturated carbocycles.